The molecule has 76 valence electrons. The van der Waals surface area contributed by atoms with E-state index < -0.39 is 8.07 Å². The first-order chi connectivity index (χ1) is 6.53. The van der Waals surface area contributed by atoms with Gasteiger partial charge >= 0.3 is 0 Å². The molecule has 1 heteroatoms. The molecule has 0 nitrogen and oxygen atoms in total. The van der Waals surface area contributed by atoms with Gasteiger partial charge in [0, 0.05) is 8.07 Å². The van der Waals surface area contributed by atoms with Gasteiger partial charge in [-0.2, -0.15) is 0 Å². The zero-order valence-electron chi connectivity index (χ0n) is 9.67. The molecule has 0 unspecified atom stereocenters. The molecule has 1 rings (SSSR count). The van der Waals surface area contributed by atoms with Crippen LogP contribution in [0.15, 0.2) is 36.4 Å². The first kappa shape index (κ1) is 11.3. The summed E-state index contributed by atoms with van der Waals surface area (Å²) in [6.07, 6.45) is 2.26. The summed E-state index contributed by atoms with van der Waals surface area (Å²) in [5.74, 6) is 0. The summed E-state index contributed by atoms with van der Waals surface area (Å²) in [7, 11) is -0.992. The summed E-state index contributed by atoms with van der Waals surface area (Å²) in [5.41, 5.74) is 2.89. The number of rotatable bonds is 3. The van der Waals surface area contributed by atoms with Crippen LogP contribution in [0.3, 0.4) is 0 Å². The van der Waals surface area contributed by atoms with Crippen molar-refractivity contribution in [1.82, 2.24) is 0 Å². The van der Waals surface area contributed by atoms with Crippen molar-refractivity contribution in [3.63, 3.8) is 0 Å². The summed E-state index contributed by atoms with van der Waals surface area (Å²) in [4.78, 5) is 0. The van der Waals surface area contributed by atoms with Gasteiger partial charge in [-0.3, -0.25) is 0 Å². The Hall–Kier alpha value is -0.823. The highest BCUT2D eigenvalue weighted by molar-refractivity contribution is 6.77. The average Bonchev–Trinajstić information content (AvgIpc) is 2.14. The van der Waals surface area contributed by atoms with Gasteiger partial charge in [0.25, 0.3) is 0 Å². The lowest BCUT2D eigenvalue weighted by atomic mass is 10.1. The molecule has 0 N–H and O–H groups in total. The van der Waals surface area contributed by atoms with Crippen LogP contribution in [-0.2, 0) is 0 Å². The molecule has 0 aliphatic rings. The van der Waals surface area contributed by atoms with Crippen molar-refractivity contribution in [1.29, 1.82) is 0 Å². The molecule has 0 fully saturated rings. The summed E-state index contributed by atoms with van der Waals surface area (Å²) < 4.78 is 0. The minimum Gasteiger partial charge on any atom is -0.0841 e. The van der Waals surface area contributed by atoms with Gasteiger partial charge in [0.2, 0.25) is 0 Å². The smallest absolute Gasteiger partial charge is 0.0487 e. The maximum Gasteiger partial charge on any atom is 0.0487 e. The lowest BCUT2D eigenvalue weighted by Crippen LogP contribution is -2.19. The Balaban J connectivity index is 2.85. The third-order valence-corrected chi connectivity index (χ3v) is 3.66. The van der Waals surface area contributed by atoms with E-state index in [9.17, 15) is 0 Å². The molecule has 0 atom stereocenters. The lowest BCUT2D eigenvalue weighted by Gasteiger charge is -2.18. The van der Waals surface area contributed by atoms with Crippen LogP contribution in [0.5, 0.6) is 0 Å². The molecule has 0 heterocycles. The second kappa shape index (κ2) is 4.60. The highest BCUT2D eigenvalue weighted by Gasteiger charge is 2.15. The number of benzene rings is 1. The van der Waals surface area contributed by atoms with Gasteiger partial charge in [-0.15, -0.1) is 0 Å². The van der Waals surface area contributed by atoms with Crippen molar-refractivity contribution in [2.24, 2.45) is 0 Å². The number of hydrogen-bond acceptors (Lipinski definition) is 0. The highest BCUT2D eigenvalue weighted by atomic mass is 28.3. The van der Waals surface area contributed by atoms with Crippen molar-refractivity contribution in [3.8, 4) is 0 Å². The minimum absolute atomic E-state index is 0.992. The maximum absolute atomic E-state index is 2.42. The largest absolute Gasteiger partial charge is 0.0841 e. The highest BCUT2D eigenvalue weighted by Crippen LogP contribution is 2.24. The number of allylic oxidation sites excluding steroid dienone is 2. The predicted molar refractivity (Wildman–Crippen MR) is 68.2 cm³/mol. The summed E-state index contributed by atoms with van der Waals surface area (Å²) in [6.45, 7) is 9.39. The van der Waals surface area contributed by atoms with Gasteiger partial charge in [0.1, 0.15) is 0 Å². The van der Waals surface area contributed by atoms with E-state index in [0.29, 0.717) is 0 Å². The van der Waals surface area contributed by atoms with Crippen LogP contribution in [0.1, 0.15) is 12.5 Å². The maximum atomic E-state index is 2.42. The second-order valence-electron chi connectivity index (χ2n) is 4.92. The third kappa shape index (κ3) is 3.50. The van der Waals surface area contributed by atoms with Crippen LogP contribution in [0.2, 0.25) is 25.7 Å². The molecule has 0 bridgehead atoms. The lowest BCUT2D eigenvalue weighted by molar-refractivity contribution is 1.46. The zero-order valence-corrected chi connectivity index (χ0v) is 10.7. The Morgan fingerprint density at radius 1 is 1.14 bits per heavy atom. The fourth-order valence-corrected chi connectivity index (χ4v) is 3.15. The normalized spacial score (nSPS) is 13.0. The Morgan fingerprint density at radius 2 is 1.71 bits per heavy atom. The van der Waals surface area contributed by atoms with Gasteiger partial charge in [-0.05, 0) is 24.1 Å². The van der Waals surface area contributed by atoms with E-state index in [1.807, 2.05) is 0 Å². The molecule has 0 amide bonds. The molecule has 1 aromatic carbocycles. The summed E-state index contributed by atoms with van der Waals surface area (Å²) >= 11 is 0. The van der Waals surface area contributed by atoms with Gasteiger partial charge in [0.05, 0.1) is 0 Å². The average molecular weight is 204 g/mol. The monoisotopic (exact) mass is 204 g/mol. The quantitative estimate of drug-likeness (QED) is 0.639. The molecule has 0 spiro atoms. The second-order valence-corrected chi connectivity index (χ2v) is 10.4. The molecule has 0 radical (unpaired) electrons. The molecule has 1 aromatic rings. The van der Waals surface area contributed by atoms with E-state index in [1.165, 1.54) is 17.2 Å². The SMILES string of the molecule is C/C=C(/C[Si](C)(C)C)c1ccccc1. The van der Waals surface area contributed by atoms with Crippen molar-refractivity contribution in [2.45, 2.75) is 32.6 Å². The molecule has 0 saturated carbocycles. The fourth-order valence-electron chi connectivity index (χ4n) is 1.59. The zero-order chi connectivity index (χ0) is 10.6. The molecule has 0 aliphatic heterocycles. The molecule has 14 heavy (non-hydrogen) atoms. The molecule has 0 aromatic heterocycles. The van der Waals surface area contributed by atoms with E-state index in [1.54, 1.807) is 0 Å². The van der Waals surface area contributed by atoms with E-state index in [2.05, 4.69) is 63.0 Å². The van der Waals surface area contributed by atoms with Crippen molar-refractivity contribution in [3.05, 3.63) is 42.0 Å². The molecular formula is C13H20Si. The Kier molecular flexibility index (Phi) is 3.70. The van der Waals surface area contributed by atoms with E-state index in [-0.39, 0.29) is 0 Å². The first-order valence-electron chi connectivity index (χ1n) is 5.23. The van der Waals surface area contributed by atoms with Crippen LogP contribution < -0.4 is 0 Å². The van der Waals surface area contributed by atoms with E-state index >= 15 is 0 Å². The van der Waals surface area contributed by atoms with Gasteiger partial charge in [-0.1, -0.05) is 56.0 Å². The van der Waals surface area contributed by atoms with Crippen LogP contribution in [0.4, 0.5) is 0 Å². The Morgan fingerprint density at radius 3 is 2.14 bits per heavy atom. The van der Waals surface area contributed by atoms with Crippen LogP contribution in [0, 0.1) is 0 Å². The topological polar surface area (TPSA) is 0 Å². The van der Waals surface area contributed by atoms with Crippen molar-refractivity contribution >= 4 is 13.6 Å². The minimum atomic E-state index is -0.992. The predicted octanol–water partition coefficient (Wildman–Crippen LogP) is 4.43. The van der Waals surface area contributed by atoms with Crippen molar-refractivity contribution in [2.75, 3.05) is 0 Å². The molecule has 0 saturated heterocycles. The van der Waals surface area contributed by atoms with Gasteiger partial charge in [0.15, 0.2) is 0 Å². The first-order valence-corrected chi connectivity index (χ1v) is 8.94. The Labute approximate surface area is 88.7 Å². The summed E-state index contributed by atoms with van der Waals surface area (Å²) in [5, 5.41) is 0. The van der Waals surface area contributed by atoms with Crippen LogP contribution in [0.25, 0.3) is 5.57 Å². The number of hydrogen-bond donors (Lipinski definition) is 0. The third-order valence-electron chi connectivity index (χ3n) is 2.21. The van der Waals surface area contributed by atoms with Crippen molar-refractivity contribution < 1.29 is 0 Å². The fraction of sp³-hybridized carbons (Fsp3) is 0.385. The van der Waals surface area contributed by atoms with Gasteiger partial charge < -0.3 is 0 Å². The molecular weight excluding hydrogens is 184 g/mol. The van der Waals surface area contributed by atoms with E-state index in [4.69, 9.17) is 0 Å². The van der Waals surface area contributed by atoms with Gasteiger partial charge in [-0.25, -0.2) is 0 Å². The van der Waals surface area contributed by atoms with E-state index in [0.717, 1.165) is 0 Å². The molecule has 0 aliphatic carbocycles. The van der Waals surface area contributed by atoms with Crippen LogP contribution >= 0.6 is 0 Å². The summed E-state index contributed by atoms with van der Waals surface area (Å²) in [6, 6.07) is 12.0. The van der Waals surface area contributed by atoms with Crippen LogP contribution in [-0.4, -0.2) is 8.07 Å². The Bertz CT molecular complexity index is 304. The standard InChI is InChI=1S/C13H20Si/c1-5-12(11-14(2,3)4)13-9-7-6-8-10-13/h5-10H,11H2,1-4H3/b12-5-.